The van der Waals surface area contributed by atoms with Crippen LogP contribution in [0.2, 0.25) is 0 Å². The van der Waals surface area contributed by atoms with E-state index in [0.29, 0.717) is 11.4 Å². The highest BCUT2D eigenvalue weighted by atomic mass is 16.5. The normalized spacial score (nSPS) is 17.7. The van der Waals surface area contributed by atoms with Crippen molar-refractivity contribution in [2.45, 2.75) is 26.3 Å². The molecule has 3 N–H and O–H groups in total. The minimum Gasteiger partial charge on any atom is -0.395 e. The number of nitrogens with zero attached hydrogens (tertiary/aromatic N) is 3. The molecule has 1 aromatic heterocycles. The standard InChI is InChI=1S/C14H25N5O2/c1-4-11-12(15)13(18(3)17-11)14(20)16-10(2)9-19-5-7-21-8-6-19/h10H,4-9,15H2,1-3H3,(H,16,20). The number of carbonyl (C=O) groups excluding carboxylic acids is 1. The maximum absolute atomic E-state index is 12.4. The molecule has 7 heteroatoms. The van der Waals surface area contributed by atoms with Crippen molar-refractivity contribution < 1.29 is 9.53 Å². The molecule has 21 heavy (non-hydrogen) atoms. The molecule has 1 atom stereocenters. The van der Waals surface area contributed by atoms with Gasteiger partial charge >= 0.3 is 0 Å². The first-order valence-corrected chi connectivity index (χ1v) is 7.45. The Morgan fingerprint density at radius 3 is 2.71 bits per heavy atom. The molecule has 1 saturated heterocycles. The van der Waals surface area contributed by atoms with Gasteiger partial charge in [0.15, 0.2) is 0 Å². The second-order valence-electron chi connectivity index (χ2n) is 5.47. The summed E-state index contributed by atoms with van der Waals surface area (Å²) in [6.45, 7) is 8.13. The van der Waals surface area contributed by atoms with Crippen molar-refractivity contribution in [3.8, 4) is 0 Å². The van der Waals surface area contributed by atoms with Gasteiger partial charge in [-0.25, -0.2) is 0 Å². The number of aromatic nitrogens is 2. The van der Waals surface area contributed by atoms with Crippen LogP contribution in [0, 0.1) is 0 Å². The van der Waals surface area contributed by atoms with Crippen LogP contribution in [-0.2, 0) is 18.2 Å². The van der Waals surface area contributed by atoms with Crippen molar-refractivity contribution in [3.63, 3.8) is 0 Å². The number of anilines is 1. The minimum atomic E-state index is -0.164. The monoisotopic (exact) mass is 295 g/mol. The number of carbonyl (C=O) groups is 1. The largest absolute Gasteiger partial charge is 0.395 e. The highest BCUT2D eigenvalue weighted by Gasteiger charge is 2.21. The van der Waals surface area contributed by atoms with Crippen LogP contribution in [0.4, 0.5) is 5.69 Å². The maximum atomic E-state index is 12.4. The third kappa shape index (κ3) is 3.74. The third-order valence-electron chi connectivity index (χ3n) is 3.72. The first kappa shape index (κ1) is 15.8. The number of morpholine rings is 1. The molecule has 0 saturated carbocycles. The molecular formula is C14H25N5O2. The van der Waals surface area contributed by atoms with Crippen LogP contribution in [0.15, 0.2) is 0 Å². The van der Waals surface area contributed by atoms with E-state index in [2.05, 4.69) is 15.3 Å². The van der Waals surface area contributed by atoms with Crippen molar-refractivity contribution in [3.05, 3.63) is 11.4 Å². The number of ether oxygens (including phenoxy) is 1. The summed E-state index contributed by atoms with van der Waals surface area (Å²) in [4.78, 5) is 14.7. The van der Waals surface area contributed by atoms with Crippen LogP contribution in [0.5, 0.6) is 0 Å². The molecule has 1 aliphatic heterocycles. The topological polar surface area (TPSA) is 85.4 Å². The lowest BCUT2D eigenvalue weighted by Gasteiger charge is -2.29. The van der Waals surface area contributed by atoms with Crippen LogP contribution < -0.4 is 11.1 Å². The van der Waals surface area contributed by atoms with Crippen LogP contribution >= 0.6 is 0 Å². The summed E-state index contributed by atoms with van der Waals surface area (Å²) in [7, 11) is 1.75. The summed E-state index contributed by atoms with van der Waals surface area (Å²) in [6.07, 6.45) is 0.719. The molecule has 1 aliphatic rings. The molecule has 0 aromatic carbocycles. The molecule has 2 rings (SSSR count). The number of hydrogen-bond acceptors (Lipinski definition) is 5. The fourth-order valence-electron chi connectivity index (χ4n) is 2.64. The van der Waals surface area contributed by atoms with Gasteiger partial charge in [-0.15, -0.1) is 0 Å². The molecular weight excluding hydrogens is 270 g/mol. The molecule has 0 radical (unpaired) electrons. The van der Waals surface area contributed by atoms with Gasteiger partial charge in [0.25, 0.3) is 5.91 Å². The van der Waals surface area contributed by atoms with E-state index in [0.717, 1.165) is 45.0 Å². The highest BCUT2D eigenvalue weighted by Crippen LogP contribution is 2.16. The van der Waals surface area contributed by atoms with Gasteiger partial charge in [0.2, 0.25) is 0 Å². The number of rotatable bonds is 5. The van der Waals surface area contributed by atoms with Crippen LogP contribution in [-0.4, -0.2) is 59.5 Å². The number of nitrogens with two attached hydrogens (primary N) is 1. The van der Waals surface area contributed by atoms with Gasteiger partial charge in [-0.1, -0.05) is 6.92 Å². The van der Waals surface area contributed by atoms with Crippen LogP contribution in [0.1, 0.15) is 30.0 Å². The first-order chi connectivity index (χ1) is 10.0. The number of nitrogens with one attached hydrogen (secondary N) is 1. The summed E-state index contributed by atoms with van der Waals surface area (Å²) in [6, 6.07) is 0.0509. The number of aryl methyl sites for hydroxylation is 2. The Kier molecular flexibility index (Phi) is 5.19. The highest BCUT2D eigenvalue weighted by molar-refractivity contribution is 5.98. The van der Waals surface area contributed by atoms with Crippen molar-refractivity contribution in [2.24, 2.45) is 7.05 Å². The molecule has 0 aliphatic carbocycles. The Morgan fingerprint density at radius 1 is 1.48 bits per heavy atom. The fourth-order valence-corrected chi connectivity index (χ4v) is 2.64. The van der Waals surface area contributed by atoms with Crippen LogP contribution in [0.25, 0.3) is 0 Å². The Hall–Kier alpha value is -1.60. The number of amides is 1. The van der Waals surface area contributed by atoms with E-state index in [1.807, 2.05) is 13.8 Å². The quantitative estimate of drug-likeness (QED) is 0.799. The Balaban J connectivity index is 1.95. The molecule has 2 heterocycles. The lowest BCUT2D eigenvalue weighted by Crippen LogP contribution is -2.46. The van der Waals surface area contributed by atoms with Crippen molar-refractivity contribution in [2.75, 3.05) is 38.6 Å². The predicted octanol–water partition coefficient (Wildman–Crippen LogP) is 0.0152. The second-order valence-corrected chi connectivity index (χ2v) is 5.47. The number of nitrogen functional groups attached to an aromatic ring is 1. The molecule has 7 nitrogen and oxygen atoms in total. The van der Waals surface area contributed by atoms with Gasteiger partial charge < -0.3 is 15.8 Å². The van der Waals surface area contributed by atoms with E-state index in [-0.39, 0.29) is 11.9 Å². The Labute approximate surface area is 125 Å². The predicted molar refractivity (Wildman–Crippen MR) is 81.2 cm³/mol. The average molecular weight is 295 g/mol. The van der Waals surface area contributed by atoms with E-state index in [4.69, 9.17) is 10.5 Å². The molecule has 1 aromatic rings. The van der Waals surface area contributed by atoms with Crippen molar-refractivity contribution in [1.29, 1.82) is 0 Å². The van der Waals surface area contributed by atoms with Gasteiger partial charge in [-0.3, -0.25) is 14.4 Å². The summed E-state index contributed by atoms with van der Waals surface area (Å²) in [5.41, 5.74) is 7.70. The molecule has 1 fully saturated rings. The summed E-state index contributed by atoms with van der Waals surface area (Å²) < 4.78 is 6.88. The van der Waals surface area contributed by atoms with E-state index < -0.39 is 0 Å². The summed E-state index contributed by atoms with van der Waals surface area (Å²) in [5.74, 6) is -0.164. The fraction of sp³-hybridized carbons (Fsp3) is 0.714. The molecule has 118 valence electrons. The SMILES string of the molecule is CCc1nn(C)c(C(=O)NC(C)CN2CCOCC2)c1N. The lowest BCUT2D eigenvalue weighted by molar-refractivity contribution is 0.0342. The zero-order valence-electron chi connectivity index (χ0n) is 13.1. The van der Waals surface area contributed by atoms with E-state index in [9.17, 15) is 4.79 Å². The van der Waals surface area contributed by atoms with E-state index >= 15 is 0 Å². The summed E-state index contributed by atoms with van der Waals surface area (Å²) in [5, 5.41) is 7.28. The molecule has 1 amide bonds. The zero-order chi connectivity index (χ0) is 15.4. The van der Waals surface area contributed by atoms with E-state index in [1.165, 1.54) is 0 Å². The van der Waals surface area contributed by atoms with Gasteiger partial charge in [0.1, 0.15) is 5.69 Å². The molecule has 0 bridgehead atoms. The molecule has 0 spiro atoms. The lowest BCUT2D eigenvalue weighted by atomic mass is 10.2. The molecule has 1 unspecified atom stereocenters. The van der Waals surface area contributed by atoms with Crippen molar-refractivity contribution in [1.82, 2.24) is 20.0 Å². The van der Waals surface area contributed by atoms with Gasteiger partial charge in [-0.05, 0) is 13.3 Å². The van der Waals surface area contributed by atoms with Crippen molar-refractivity contribution >= 4 is 11.6 Å². The van der Waals surface area contributed by atoms with Crippen LogP contribution in [0.3, 0.4) is 0 Å². The third-order valence-corrected chi connectivity index (χ3v) is 3.72. The first-order valence-electron chi connectivity index (χ1n) is 7.45. The average Bonchev–Trinajstić information content (AvgIpc) is 2.74. The Bertz CT molecular complexity index is 494. The van der Waals surface area contributed by atoms with E-state index in [1.54, 1.807) is 11.7 Å². The number of hydrogen-bond donors (Lipinski definition) is 2. The van der Waals surface area contributed by atoms with Gasteiger partial charge in [0.05, 0.1) is 24.6 Å². The van der Waals surface area contributed by atoms with Gasteiger partial charge in [0, 0.05) is 32.7 Å². The maximum Gasteiger partial charge on any atom is 0.271 e. The Morgan fingerprint density at radius 2 is 2.14 bits per heavy atom. The smallest absolute Gasteiger partial charge is 0.271 e. The zero-order valence-corrected chi connectivity index (χ0v) is 13.1. The van der Waals surface area contributed by atoms with Gasteiger partial charge in [-0.2, -0.15) is 5.10 Å². The summed E-state index contributed by atoms with van der Waals surface area (Å²) >= 11 is 0. The minimum absolute atomic E-state index is 0.0509. The second kappa shape index (κ2) is 6.91.